The minimum atomic E-state index is -4.76. The van der Waals surface area contributed by atoms with E-state index in [0.717, 1.165) is 28.3 Å². The van der Waals surface area contributed by atoms with E-state index in [0.29, 0.717) is 15.3 Å². The molecule has 2 aromatic heterocycles. The van der Waals surface area contributed by atoms with Gasteiger partial charge in [-0.15, -0.1) is 13.2 Å². The number of nitrogens with zero attached hydrogens (tertiary/aromatic N) is 3. The summed E-state index contributed by atoms with van der Waals surface area (Å²) in [6.45, 7) is 3.71. The van der Waals surface area contributed by atoms with Gasteiger partial charge in [-0.25, -0.2) is 4.98 Å². The average molecular weight is 384 g/mol. The third-order valence-corrected chi connectivity index (χ3v) is 4.77. The molecule has 6 nitrogen and oxygen atoms in total. The van der Waals surface area contributed by atoms with Gasteiger partial charge in [-0.3, -0.25) is 9.48 Å². The van der Waals surface area contributed by atoms with Gasteiger partial charge in [0, 0.05) is 24.4 Å². The molecule has 138 valence electrons. The highest BCUT2D eigenvalue weighted by Gasteiger charge is 2.31. The Bertz CT molecular complexity index is 978. The van der Waals surface area contributed by atoms with Gasteiger partial charge >= 0.3 is 6.36 Å². The molecular weight excluding hydrogens is 369 g/mol. The molecule has 1 N–H and O–H groups in total. The number of alkyl halides is 3. The van der Waals surface area contributed by atoms with Gasteiger partial charge in [0.2, 0.25) is 5.91 Å². The van der Waals surface area contributed by atoms with E-state index >= 15 is 0 Å². The third kappa shape index (κ3) is 3.96. The molecule has 1 amide bonds. The first kappa shape index (κ1) is 18.2. The maximum Gasteiger partial charge on any atom is 0.573 e. The lowest BCUT2D eigenvalue weighted by Gasteiger charge is -2.07. The number of thiazole rings is 1. The van der Waals surface area contributed by atoms with Gasteiger partial charge < -0.3 is 10.1 Å². The van der Waals surface area contributed by atoms with E-state index in [1.807, 2.05) is 13.8 Å². The SMILES string of the molecule is Cc1nn(C)c(C)c1CC(=O)Nc1nc2ccc(OC(F)(F)F)cc2s1. The number of rotatable bonds is 4. The molecule has 3 rings (SSSR count). The first-order valence-electron chi connectivity index (χ1n) is 7.57. The largest absolute Gasteiger partial charge is 0.573 e. The van der Waals surface area contributed by atoms with Gasteiger partial charge in [0.25, 0.3) is 0 Å². The fourth-order valence-corrected chi connectivity index (χ4v) is 3.46. The molecule has 0 aliphatic carbocycles. The van der Waals surface area contributed by atoms with Crippen LogP contribution in [0.4, 0.5) is 18.3 Å². The van der Waals surface area contributed by atoms with Crippen LogP contribution >= 0.6 is 11.3 Å². The van der Waals surface area contributed by atoms with Crippen molar-refractivity contribution in [1.82, 2.24) is 14.8 Å². The normalized spacial score (nSPS) is 11.8. The summed E-state index contributed by atoms with van der Waals surface area (Å²) in [6.07, 6.45) is -4.61. The maximum absolute atomic E-state index is 12.3. The van der Waals surface area contributed by atoms with Gasteiger partial charge in [-0.05, 0) is 26.0 Å². The predicted octanol–water partition coefficient (Wildman–Crippen LogP) is 3.73. The summed E-state index contributed by atoms with van der Waals surface area (Å²) in [5.41, 5.74) is 3.00. The number of benzene rings is 1. The first-order valence-corrected chi connectivity index (χ1v) is 8.39. The molecule has 0 radical (unpaired) electrons. The number of aryl methyl sites for hydroxylation is 2. The van der Waals surface area contributed by atoms with Crippen LogP contribution in [0.1, 0.15) is 17.0 Å². The molecule has 1 aromatic carbocycles. The summed E-state index contributed by atoms with van der Waals surface area (Å²) in [4.78, 5) is 16.5. The van der Waals surface area contributed by atoms with Crippen LogP contribution in [0, 0.1) is 13.8 Å². The second-order valence-corrected chi connectivity index (χ2v) is 6.72. The molecule has 26 heavy (non-hydrogen) atoms. The number of carbonyl (C=O) groups excluding carboxylic acids is 1. The molecule has 0 bridgehead atoms. The number of hydrogen-bond acceptors (Lipinski definition) is 5. The van der Waals surface area contributed by atoms with Crippen LogP contribution in [0.2, 0.25) is 0 Å². The Morgan fingerprint density at radius 2 is 2.08 bits per heavy atom. The Labute approximate surface area is 150 Å². The number of anilines is 1. The van der Waals surface area contributed by atoms with Crippen molar-refractivity contribution in [3.8, 4) is 5.75 Å². The second kappa shape index (κ2) is 6.60. The van der Waals surface area contributed by atoms with Gasteiger partial charge in [0.05, 0.1) is 22.3 Å². The minimum Gasteiger partial charge on any atom is -0.406 e. The molecule has 0 unspecified atom stereocenters. The number of halogens is 3. The van der Waals surface area contributed by atoms with Gasteiger partial charge in [0.1, 0.15) is 5.75 Å². The third-order valence-electron chi connectivity index (χ3n) is 3.84. The van der Waals surface area contributed by atoms with E-state index in [-0.39, 0.29) is 18.1 Å². The molecule has 10 heteroatoms. The van der Waals surface area contributed by atoms with Crippen molar-refractivity contribution in [3.05, 3.63) is 35.2 Å². The van der Waals surface area contributed by atoms with E-state index in [9.17, 15) is 18.0 Å². The highest BCUT2D eigenvalue weighted by atomic mass is 32.1. The Balaban J connectivity index is 1.75. The molecule has 0 fully saturated rings. The van der Waals surface area contributed by atoms with Gasteiger partial charge in [-0.1, -0.05) is 11.3 Å². The van der Waals surface area contributed by atoms with Crippen LogP contribution in [-0.4, -0.2) is 27.0 Å². The van der Waals surface area contributed by atoms with Gasteiger partial charge in [-0.2, -0.15) is 5.10 Å². The van der Waals surface area contributed by atoms with Crippen LogP contribution in [0.3, 0.4) is 0 Å². The quantitative estimate of drug-likeness (QED) is 0.744. The zero-order chi connectivity index (χ0) is 19.1. The molecule has 0 aliphatic heterocycles. The molecule has 0 saturated heterocycles. The molecular formula is C16H15F3N4O2S. The Kier molecular flexibility index (Phi) is 4.61. The number of hydrogen-bond donors (Lipinski definition) is 1. The number of aromatic nitrogens is 3. The first-order chi connectivity index (χ1) is 12.1. The fraction of sp³-hybridized carbons (Fsp3) is 0.312. The Hall–Kier alpha value is -2.62. The van der Waals surface area contributed by atoms with Crippen molar-refractivity contribution >= 4 is 32.6 Å². The number of nitrogens with one attached hydrogen (secondary N) is 1. The molecule has 3 aromatic rings. The Morgan fingerprint density at radius 1 is 1.35 bits per heavy atom. The van der Waals surface area contributed by atoms with Crippen molar-refractivity contribution in [2.24, 2.45) is 7.05 Å². The van der Waals surface area contributed by atoms with Crippen LogP contribution in [0.5, 0.6) is 5.75 Å². The predicted molar refractivity (Wildman–Crippen MR) is 91.3 cm³/mol. The molecule has 0 atom stereocenters. The molecule has 2 heterocycles. The smallest absolute Gasteiger partial charge is 0.406 e. The zero-order valence-electron chi connectivity index (χ0n) is 14.1. The van der Waals surface area contributed by atoms with Crippen LogP contribution in [0.25, 0.3) is 10.2 Å². The average Bonchev–Trinajstić information content (AvgIpc) is 3.00. The van der Waals surface area contributed by atoms with Crippen LogP contribution in [-0.2, 0) is 18.3 Å². The monoisotopic (exact) mass is 384 g/mol. The number of ether oxygens (including phenoxy) is 1. The Morgan fingerprint density at radius 3 is 2.69 bits per heavy atom. The minimum absolute atomic E-state index is 0.143. The molecule has 0 saturated carbocycles. The van der Waals surface area contributed by atoms with E-state index in [1.165, 1.54) is 18.2 Å². The highest BCUT2D eigenvalue weighted by Crippen LogP contribution is 2.31. The van der Waals surface area contributed by atoms with Crippen molar-refractivity contribution in [2.75, 3.05) is 5.32 Å². The summed E-state index contributed by atoms with van der Waals surface area (Å²) in [5, 5.41) is 7.26. The standard InChI is InChI=1S/C16H15F3N4O2S/c1-8-11(9(2)23(3)22-8)7-14(24)21-15-20-12-5-4-10(6-13(12)26-15)25-16(17,18)19/h4-6H,7H2,1-3H3,(H,20,21,24). The van der Waals surface area contributed by atoms with E-state index < -0.39 is 6.36 Å². The lowest BCUT2D eigenvalue weighted by Crippen LogP contribution is -2.16. The summed E-state index contributed by atoms with van der Waals surface area (Å²) in [5.74, 6) is -0.594. The fourth-order valence-electron chi connectivity index (χ4n) is 2.55. The zero-order valence-corrected chi connectivity index (χ0v) is 15.0. The number of carbonyl (C=O) groups is 1. The van der Waals surface area contributed by atoms with Gasteiger partial charge in [0.15, 0.2) is 5.13 Å². The van der Waals surface area contributed by atoms with E-state index in [4.69, 9.17) is 0 Å². The summed E-state index contributed by atoms with van der Waals surface area (Å²) in [6, 6.07) is 3.84. The van der Waals surface area contributed by atoms with Crippen molar-refractivity contribution in [3.63, 3.8) is 0 Å². The van der Waals surface area contributed by atoms with E-state index in [2.05, 4.69) is 20.1 Å². The highest BCUT2D eigenvalue weighted by molar-refractivity contribution is 7.22. The van der Waals surface area contributed by atoms with Crippen molar-refractivity contribution in [1.29, 1.82) is 0 Å². The summed E-state index contributed by atoms with van der Waals surface area (Å²) in [7, 11) is 1.80. The summed E-state index contributed by atoms with van der Waals surface area (Å²) < 4.78 is 43.0. The topological polar surface area (TPSA) is 69.0 Å². The van der Waals surface area contributed by atoms with Crippen LogP contribution < -0.4 is 10.1 Å². The second-order valence-electron chi connectivity index (χ2n) is 5.69. The lowest BCUT2D eigenvalue weighted by molar-refractivity contribution is -0.274. The molecule has 0 spiro atoms. The number of fused-ring (bicyclic) bond motifs is 1. The lowest BCUT2D eigenvalue weighted by atomic mass is 10.1. The number of amides is 1. The molecule has 0 aliphatic rings. The van der Waals surface area contributed by atoms with Crippen LogP contribution in [0.15, 0.2) is 18.2 Å². The maximum atomic E-state index is 12.3. The van der Waals surface area contributed by atoms with Crippen molar-refractivity contribution in [2.45, 2.75) is 26.6 Å². The van der Waals surface area contributed by atoms with E-state index in [1.54, 1.807) is 11.7 Å². The summed E-state index contributed by atoms with van der Waals surface area (Å²) >= 11 is 1.08. The van der Waals surface area contributed by atoms with Crippen molar-refractivity contribution < 1.29 is 22.7 Å².